The lowest BCUT2D eigenvalue weighted by Gasteiger charge is -2.39. The molecule has 1 aliphatic heterocycles. The van der Waals surface area contributed by atoms with Crippen molar-refractivity contribution in [2.75, 3.05) is 25.9 Å². The Kier molecular flexibility index (Phi) is 6.03. The van der Waals surface area contributed by atoms with E-state index >= 15 is 0 Å². The third-order valence-electron chi connectivity index (χ3n) is 4.96. The van der Waals surface area contributed by atoms with Crippen LogP contribution in [0.25, 0.3) is 0 Å². The number of hydrogen-bond donors (Lipinski definition) is 1. The molecule has 0 radical (unpaired) electrons. The molecule has 0 amide bonds. The normalized spacial score (nSPS) is 27.4. The predicted octanol–water partition coefficient (Wildman–Crippen LogP) is 2.38. The summed E-state index contributed by atoms with van der Waals surface area (Å²) in [7, 11) is -1.39. The van der Waals surface area contributed by atoms with Crippen LogP contribution in [0.2, 0.25) is 0 Å². The Morgan fingerprint density at radius 3 is 2.64 bits per heavy atom. The van der Waals surface area contributed by atoms with Gasteiger partial charge in [-0.1, -0.05) is 18.2 Å². The average molecular weight is 481 g/mol. The van der Waals surface area contributed by atoms with Gasteiger partial charge in [-0.25, -0.2) is 12.8 Å². The fourth-order valence-electron chi connectivity index (χ4n) is 3.26. The van der Waals surface area contributed by atoms with Crippen molar-refractivity contribution < 1.29 is 12.8 Å². The second-order valence-corrected chi connectivity index (χ2v) is 9.90. The quantitative estimate of drug-likeness (QED) is 0.401. The fourth-order valence-corrected chi connectivity index (χ4v) is 4.63. The summed E-state index contributed by atoms with van der Waals surface area (Å²) in [6, 6.07) is 6.99. The van der Waals surface area contributed by atoms with Gasteiger partial charge >= 0.3 is 0 Å². The SMILES string of the molecule is CN=C(NC1CC1c1ccccc1F)N1CCS(=O)(=O)C(C)(C)C1.I. The van der Waals surface area contributed by atoms with Crippen molar-refractivity contribution in [3.05, 3.63) is 35.6 Å². The number of sulfone groups is 1. The lowest BCUT2D eigenvalue weighted by Crippen LogP contribution is -2.57. The molecule has 1 aromatic rings. The van der Waals surface area contributed by atoms with Crippen molar-refractivity contribution in [3.8, 4) is 0 Å². The molecule has 0 spiro atoms. The number of aliphatic imine (C=N–C) groups is 1. The van der Waals surface area contributed by atoms with Crippen LogP contribution in [0.3, 0.4) is 0 Å². The van der Waals surface area contributed by atoms with Crippen LogP contribution in [-0.4, -0.2) is 56.0 Å². The molecule has 2 fully saturated rings. The maximum atomic E-state index is 13.9. The van der Waals surface area contributed by atoms with E-state index in [0.717, 1.165) is 12.0 Å². The van der Waals surface area contributed by atoms with E-state index in [-0.39, 0.29) is 47.5 Å². The van der Waals surface area contributed by atoms with Gasteiger partial charge in [0.15, 0.2) is 15.8 Å². The summed E-state index contributed by atoms with van der Waals surface area (Å²) in [5, 5.41) is 3.37. The Balaban J connectivity index is 0.00000225. The largest absolute Gasteiger partial charge is 0.353 e. The lowest BCUT2D eigenvalue weighted by molar-refractivity contribution is 0.353. The third kappa shape index (κ3) is 4.10. The van der Waals surface area contributed by atoms with Gasteiger partial charge in [-0.2, -0.15) is 0 Å². The molecule has 140 valence electrons. The van der Waals surface area contributed by atoms with E-state index in [0.29, 0.717) is 19.0 Å². The van der Waals surface area contributed by atoms with Crippen LogP contribution in [0, 0.1) is 5.82 Å². The molecule has 1 heterocycles. The molecular formula is C17H25FIN3O2S. The first-order valence-electron chi connectivity index (χ1n) is 8.20. The molecule has 2 atom stereocenters. The van der Waals surface area contributed by atoms with Crippen LogP contribution in [0.1, 0.15) is 31.7 Å². The molecule has 25 heavy (non-hydrogen) atoms. The molecule has 5 nitrogen and oxygen atoms in total. The number of guanidine groups is 1. The number of halogens is 2. The summed E-state index contributed by atoms with van der Waals surface area (Å²) in [5.41, 5.74) is 0.729. The first-order chi connectivity index (χ1) is 11.2. The highest BCUT2D eigenvalue weighted by Crippen LogP contribution is 2.42. The number of nitrogens with zero attached hydrogens (tertiary/aromatic N) is 2. The first-order valence-corrected chi connectivity index (χ1v) is 9.85. The highest BCUT2D eigenvalue weighted by Gasteiger charge is 2.44. The molecule has 2 aliphatic rings. The second kappa shape index (κ2) is 7.38. The zero-order chi connectivity index (χ0) is 17.5. The summed E-state index contributed by atoms with van der Waals surface area (Å²) >= 11 is 0. The minimum Gasteiger partial charge on any atom is -0.353 e. The van der Waals surface area contributed by atoms with Gasteiger partial charge < -0.3 is 10.2 Å². The van der Waals surface area contributed by atoms with E-state index in [1.807, 2.05) is 17.0 Å². The van der Waals surface area contributed by atoms with Crippen molar-refractivity contribution in [1.29, 1.82) is 0 Å². The molecule has 1 aliphatic carbocycles. The van der Waals surface area contributed by atoms with Crippen LogP contribution in [0.4, 0.5) is 4.39 Å². The van der Waals surface area contributed by atoms with Gasteiger partial charge in [0, 0.05) is 32.1 Å². The lowest BCUT2D eigenvalue weighted by atomic mass is 10.1. The van der Waals surface area contributed by atoms with E-state index in [1.54, 1.807) is 27.0 Å². The van der Waals surface area contributed by atoms with Gasteiger partial charge in [0.2, 0.25) is 0 Å². The molecule has 1 N–H and O–H groups in total. The van der Waals surface area contributed by atoms with E-state index < -0.39 is 14.6 Å². The van der Waals surface area contributed by atoms with Crippen LogP contribution < -0.4 is 5.32 Å². The zero-order valence-electron chi connectivity index (χ0n) is 14.7. The third-order valence-corrected chi connectivity index (χ3v) is 7.50. The number of nitrogens with one attached hydrogen (secondary N) is 1. The maximum Gasteiger partial charge on any atom is 0.193 e. The van der Waals surface area contributed by atoms with Gasteiger partial charge in [-0.05, 0) is 31.9 Å². The number of rotatable bonds is 2. The van der Waals surface area contributed by atoms with E-state index in [2.05, 4.69) is 10.3 Å². The van der Waals surface area contributed by atoms with Gasteiger partial charge in [0.1, 0.15) is 5.82 Å². The highest BCUT2D eigenvalue weighted by atomic mass is 127. The highest BCUT2D eigenvalue weighted by molar-refractivity contribution is 14.0. The number of hydrogen-bond acceptors (Lipinski definition) is 3. The molecule has 0 aromatic heterocycles. The van der Waals surface area contributed by atoms with Crippen LogP contribution in [0.15, 0.2) is 29.3 Å². The Hall–Kier alpha value is -0.900. The molecule has 8 heteroatoms. The van der Waals surface area contributed by atoms with Crippen molar-refractivity contribution in [1.82, 2.24) is 10.2 Å². The average Bonchev–Trinajstić information content (AvgIpc) is 3.27. The van der Waals surface area contributed by atoms with Crippen molar-refractivity contribution in [2.24, 2.45) is 4.99 Å². The Labute approximate surface area is 166 Å². The van der Waals surface area contributed by atoms with Crippen LogP contribution in [-0.2, 0) is 9.84 Å². The summed E-state index contributed by atoms with van der Waals surface area (Å²) in [6.07, 6.45) is 0.857. The topological polar surface area (TPSA) is 61.8 Å². The first kappa shape index (κ1) is 20.4. The summed E-state index contributed by atoms with van der Waals surface area (Å²) in [4.78, 5) is 6.28. The summed E-state index contributed by atoms with van der Waals surface area (Å²) < 4.78 is 37.4. The van der Waals surface area contributed by atoms with Gasteiger partial charge in [-0.3, -0.25) is 4.99 Å². The minimum absolute atomic E-state index is 0. The molecule has 1 aromatic carbocycles. The standard InChI is InChI=1S/C17H24FN3O2S.HI/c1-17(2)11-21(8-9-24(17,22)23)16(19-3)20-15-10-13(15)12-6-4-5-7-14(12)18;/h4-7,13,15H,8-11H2,1-3H3,(H,19,20);1H. The van der Waals surface area contributed by atoms with Crippen molar-refractivity contribution >= 4 is 39.8 Å². The molecule has 1 saturated carbocycles. The second-order valence-electron chi connectivity index (χ2n) is 7.16. The molecule has 3 rings (SSSR count). The fraction of sp³-hybridized carbons (Fsp3) is 0.588. The molecule has 1 saturated heterocycles. The van der Waals surface area contributed by atoms with Gasteiger partial charge in [-0.15, -0.1) is 24.0 Å². The molecule has 0 bridgehead atoms. The zero-order valence-corrected chi connectivity index (χ0v) is 17.8. The van der Waals surface area contributed by atoms with E-state index in [9.17, 15) is 12.8 Å². The molecular weight excluding hydrogens is 456 g/mol. The van der Waals surface area contributed by atoms with E-state index in [1.165, 1.54) is 6.07 Å². The smallest absolute Gasteiger partial charge is 0.193 e. The van der Waals surface area contributed by atoms with Crippen molar-refractivity contribution in [2.45, 2.75) is 37.0 Å². The summed E-state index contributed by atoms with van der Waals surface area (Å²) in [6.45, 7) is 4.34. The van der Waals surface area contributed by atoms with Crippen LogP contribution in [0.5, 0.6) is 0 Å². The molecule has 2 unspecified atom stereocenters. The van der Waals surface area contributed by atoms with Gasteiger partial charge in [0.05, 0.1) is 10.5 Å². The minimum atomic E-state index is -3.08. The maximum absolute atomic E-state index is 13.9. The Morgan fingerprint density at radius 1 is 1.36 bits per heavy atom. The van der Waals surface area contributed by atoms with E-state index in [4.69, 9.17) is 0 Å². The Bertz CT molecular complexity index is 767. The van der Waals surface area contributed by atoms with Crippen LogP contribution >= 0.6 is 24.0 Å². The Morgan fingerprint density at radius 2 is 2.04 bits per heavy atom. The predicted molar refractivity (Wildman–Crippen MR) is 109 cm³/mol. The van der Waals surface area contributed by atoms with Crippen molar-refractivity contribution in [3.63, 3.8) is 0 Å². The monoisotopic (exact) mass is 481 g/mol. The number of benzene rings is 1. The summed E-state index contributed by atoms with van der Waals surface area (Å²) in [5.74, 6) is 0.792. The van der Waals surface area contributed by atoms with Gasteiger partial charge in [0.25, 0.3) is 0 Å².